The van der Waals surface area contributed by atoms with Gasteiger partial charge in [0.2, 0.25) is 5.75 Å². The van der Waals surface area contributed by atoms with Crippen molar-refractivity contribution in [2.24, 2.45) is 0 Å². The fourth-order valence-corrected chi connectivity index (χ4v) is 1.87. The molecular formula is C15H22O4Si. The lowest BCUT2D eigenvalue weighted by atomic mass is 10.1. The van der Waals surface area contributed by atoms with Crippen LogP contribution in [0.3, 0.4) is 0 Å². The number of rotatable bonds is 8. The molecule has 5 heteroatoms. The minimum Gasteiger partial charge on any atom is -0.502 e. The molecule has 0 aliphatic rings. The average molecular weight is 294 g/mol. The van der Waals surface area contributed by atoms with Crippen LogP contribution in [0.25, 0.3) is 0 Å². The molecule has 1 rings (SSSR count). The van der Waals surface area contributed by atoms with Gasteiger partial charge in [-0.05, 0) is 31.4 Å². The Bertz CT molecular complexity index is 419. The molecule has 0 heterocycles. The van der Waals surface area contributed by atoms with Crippen LogP contribution >= 0.6 is 0 Å². The molecule has 0 unspecified atom stereocenters. The van der Waals surface area contributed by atoms with Gasteiger partial charge in [0.1, 0.15) is 0 Å². The van der Waals surface area contributed by atoms with E-state index in [0.717, 1.165) is 24.2 Å². The predicted octanol–water partition coefficient (Wildman–Crippen LogP) is 2.81. The van der Waals surface area contributed by atoms with Crippen LogP contribution in [0.15, 0.2) is 24.5 Å². The van der Waals surface area contributed by atoms with Crippen molar-refractivity contribution in [1.29, 1.82) is 0 Å². The zero-order valence-electron chi connectivity index (χ0n) is 12.6. The van der Waals surface area contributed by atoms with Crippen LogP contribution in [0.2, 0.25) is 0 Å². The van der Waals surface area contributed by atoms with E-state index in [-0.39, 0.29) is 11.0 Å². The first-order chi connectivity index (χ1) is 9.28. The minimum atomic E-state index is 0. The number of ether oxygens (including phenoxy) is 4. The molecule has 0 amide bonds. The Morgan fingerprint density at radius 1 is 1.00 bits per heavy atom. The van der Waals surface area contributed by atoms with Crippen molar-refractivity contribution in [3.63, 3.8) is 0 Å². The highest BCUT2D eigenvalue weighted by molar-refractivity contribution is 5.75. The predicted molar refractivity (Wildman–Crippen MR) is 80.9 cm³/mol. The molecule has 4 radical (unpaired) electrons. The third-order valence-electron chi connectivity index (χ3n) is 2.73. The van der Waals surface area contributed by atoms with E-state index in [2.05, 4.69) is 0 Å². The van der Waals surface area contributed by atoms with Crippen molar-refractivity contribution >= 4 is 11.0 Å². The highest BCUT2D eigenvalue weighted by Gasteiger charge is 2.15. The van der Waals surface area contributed by atoms with Gasteiger partial charge in [-0.1, -0.05) is 12.1 Å². The summed E-state index contributed by atoms with van der Waals surface area (Å²) < 4.78 is 21.3. The maximum Gasteiger partial charge on any atom is 0.203 e. The summed E-state index contributed by atoms with van der Waals surface area (Å²) in [5.41, 5.74) is 1.09. The zero-order valence-corrected chi connectivity index (χ0v) is 13.6. The van der Waals surface area contributed by atoms with Crippen LogP contribution in [0.1, 0.15) is 18.9 Å². The largest absolute Gasteiger partial charge is 0.502 e. The Morgan fingerprint density at radius 2 is 1.70 bits per heavy atom. The van der Waals surface area contributed by atoms with Gasteiger partial charge in [0.05, 0.1) is 34.2 Å². The highest BCUT2D eigenvalue weighted by Crippen LogP contribution is 2.40. The van der Waals surface area contributed by atoms with E-state index in [1.54, 1.807) is 27.6 Å². The van der Waals surface area contributed by atoms with Gasteiger partial charge in [-0.25, -0.2) is 0 Å². The van der Waals surface area contributed by atoms with Gasteiger partial charge in [-0.2, -0.15) is 0 Å². The van der Waals surface area contributed by atoms with Crippen molar-refractivity contribution in [3.05, 3.63) is 30.0 Å². The second-order valence-electron chi connectivity index (χ2n) is 3.94. The van der Waals surface area contributed by atoms with E-state index in [4.69, 9.17) is 18.9 Å². The number of benzene rings is 1. The summed E-state index contributed by atoms with van der Waals surface area (Å²) in [6, 6.07) is 3.89. The lowest BCUT2D eigenvalue weighted by Gasteiger charge is -2.15. The normalized spacial score (nSPS) is 10.0. The van der Waals surface area contributed by atoms with Crippen LogP contribution in [-0.4, -0.2) is 38.9 Å². The Labute approximate surface area is 125 Å². The average Bonchev–Trinajstić information content (AvgIpc) is 2.45. The van der Waals surface area contributed by atoms with Gasteiger partial charge in [0.15, 0.2) is 11.5 Å². The second-order valence-corrected chi connectivity index (χ2v) is 3.94. The van der Waals surface area contributed by atoms with Crippen LogP contribution in [0.4, 0.5) is 0 Å². The molecule has 1 aromatic carbocycles. The lowest BCUT2D eigenvalue weighted by molar-refractivity contribution is 0.243. The molecule has 20 heavy (non-hydrogen) atoms. The number of hydrogen-bond donors (Lipinski definition) is 0. The summed E-state index contributed by atoms with van der Waals surface area (Å²) in [5, 5.41) is 0. The Balaban J connectivity index is 0.00000361. The zero-order chi connectivity index (χ0) is 14.1. The lowest BCUT2D eigenvalue weighted by Crippen LogP contribution is -2.00. The van der Waals surface area contributed by atoms with Crippen molar-refractivity contribution < 1.29 is 18.9 Å². The van der Waals surface area contributed by atoms with Crippen LogP contribution in [-0.2, 0) is 11.2 Å². The van der Waals surface area contributed by atoms with Crippen molar-refractivity contribution in [3.8, 4) is 17.2 Å². The van der Waals surface area contributed by atoms with Gasteiger partial charge in [-0.3, -0.25) is 0 Å². The van der Waals surface area contributed by atoms with Crippen molar-refractivity contribution in [2.75, 3.05) is 27.9 Å². The minimum absolute atomic E-state index is 0. The molecule has 0 saturated heterocycles. The van der Waals surface area contributed by atoms with Gasteiger partial charge < -0.3 is 18.9 Å². The standard InChI is InChI=1S/C15H22O4.Si/c1-5-10-19-11-6-7-12-8-9-13(16-2)15(18-4)14(12)17-3;/h5,8-10H,6-7,11H2,1-4H3;. The van der Waals surface area contributed by atoms with E-state index in [1.807, 2.05) is 25.1 Å². The maximum absolute atomic E-state index is 5.43. The van der Waals surface area contributed by atoms with Gasteiger partial charge in [0.25, 0.3) is 0 Å². The smallest absolute Gasteiger partial charge is 0.203 e. The first-order valence-electron chi connectivity index (χ1n) is 6.29. The van der Waals surface area contributed by atoms with E-state index in [1.165, 1.54) is 0 Å². The second kappa shape index (κ2) is 10.2. The molecule has 1 aromatic rings. The Kier molecular flexibility index (Phi) is 9.37. The van der Waals surface area contributed by atoms with E-state index in [9.17, 15) is 0 Å². The quantitative estimate of drug-likeness (QED) is 0.420. The molecule has 4 nitrogen and oxygen atoms in total. The molecule has 0 atom stereocenters. The van der Waals surface area contributed by atoms with Gasteiger partial charge in [-0.15, -0.1) is 0 Å². The van der Waals surface area contributed by atoms with E-state index < -0.39 is 0 Å². The summed E-state index contributed by atoms with van der Waals surface area (Å²) in [7, 11) is 4.86. The molecule has 0 N–H and O–H groups in total. The molecular weight excluding hydrogens is 272 g/mol. The van der Waals surface area contributed by atoms with Crippen molar-refractivity contribution in [1.82, 2.24) is 0 Å². The first-order valence-corrected chi connectivity index (χ1v) is 6.29. The molecule has 0 bridgehead atoms. The van der Waals surface area contributed by atoms with E-state index >= 15 is 0 Å². The monoisotopic (exact) mass is 294 g/mol. The fraction of sp³-hybridized carbons (Fsp3) is 0.467. The molecule has 0 aliphatic carbocycles. The third-order valence-corrected chi connectivity index (χ3v) is 2.73. The number of hydrogen-bond acceptors (Lipinski definition) is 4. The van der Waals surface area contributed by atoms with Crippen LogP contribution in [0.5, 0.6) is 17.2 Å². The summed E-state index contributed by atoms with van der Waals surface area (Å²) in [6.07, 6.45) is 5.35. The topological polar surface area (TPSA) is 36.9 Å². The fourth-order valence-electron chi connectivity index (χ4n) is 1.87. The van der Waals surface area contributed by atoms with Gasteiger partial charge in [0, 0.05) is 11.0 Å². The molecule has 0 fully saturated rings. The molecule has 110 valence electrons. The Hall–Kier alpha value is -1.62. The van der Waals surface area contributed by atoms with E-state index in [0.29, 0.717) is 18.1 Å². The van der Waals surface area contributed by atoms with Crippen molar-refractivity contribution in [2.45, 2.75) is 19.8 Å². The molecule has 0 saturated carbocycles. The first kappa shape index (κ1) is 18.4. The number of allylic oxidation sites excluding steroid dienone is 1. The summed E-state index contributed by atoms with van der Waals surface area (Å²) in [6.45, 7) is 2.61. The Morgan fingerprint density at radius 3 is 2.25 bits per heavy atom. The summed E-state index contributed by atoms with van der Waals surface area (Å²) in [5.74, 6) is 2.04. The molecule has 0 aliphatic heterocycles. The van der Waals surface area contributed by atoms with Crippen LogP contribution < -0.4 is 14.2 Å². The highest BCUT2D eigenvalue weighted by atomic mass is 28.1. The molecule has 0 spiro atoms. The number of aryl methyl sites for hydroxylation is 1. The van der Waals surface area contributed by atoms with Gasteiger partial charge >= 0.3 is 0 Å². The summed E-state index contributed by atoms with van der Waals surface area (Å²) in [4.78, 5) is 0. The number of methoxy groups -OCH3 is 3. The maximum atomic E-state index is 5.43. The van der Waals surface area contributed by atoms with Crippen LogP contribution in [0, 0.1) is 0 Å². The third kappa shape index (κ3) is 4.81. The summed E-state index contributed by atoms with van der Waals surface area (Å²) >= 11 is 0. The molecule has 0 aromatic heterocycles. The SMILES string of the molecule is CC=COCCCc1ccc(OC)c(OC)c1OC.[Si].